The van der Waals surface area contributed by atoms with Crippen molar-refractivity contribution in [1.29, 1.82) is 0 Å². The third kappa shape index (κ3) is 5.79. The molecule has 0 radical (unpaired) electrons. The number of carbonyl (C=O) groups is 3. The summed E-state index contributed by atoms with van der Waals surface area (Å²) in [5.74, 6) is -1.11. The lowest BCUT2D eigenvalue weighted by molar-refractivity contribution is -0.111. The number of rotatable bonds is 8. The average Bonchev–Trinajstić information content (AvgIpc) is 3.03. The van der Waals surface area contributed by atoms with Crippen LogP contribution in [0.2, 0.25) is 0 Å². The van der Waals surface area contributed by atoms with E-state index in [1.54, 1.807) is 26.8 Å². The highest BCUT2D eigenvalue weighted by molar-refractivity contribution is 7.18. The van der Waals surface area contributed by atoms with Crippen LogP contribution in [0.3, 0.4) is 0 Å². The van der Waals surface area contributed by atoms with E-state index in [4.69, 9.17) is 9.47 Å². The maximum atomic E-state index is 12.5. The molecule has 2 rings (SSSR count). The second kappa shape index (κ2) is 10.7. The Balaban J connectivity index is 2.24. The lowest BCUT2D eigenvalue weighted by atomic mass is 10.0. The second-order valence-corrected chi connectivity index (χ2v) is 7.87. The van der Waals surface area contributed by atoms with Gasteiger partial charge in [-0.2, -0.15) is 0 Å². The summed E-state index contributed by atoms with van der Waals surface area (Å²) in [6.45, 7) is 9.66. The second-order valence-electron chi connectivity index (χ2n) is 6.85. The summed E-state index contributed by atoms with van der Waals surface area (Å²) in [7, 11) is 0. The largest absolute Gasteiger partial charge is 0.462 e. The lowest BCUT2D eigenvalue weighted by Gasteiger charge is -2.06. The van der Waals surface area contributed by atoms with Crippen LogP contribution >= 0.6 is 11.3 Å². The Kier molecular flexibility index (Phi) is 8.35. The zero-order valence-electron chi connectivity index (χ0n) is 17.9. The van der Waals surface area contributed by atoms with Gasteiger partial charge in [0.2, 0.25) is 5.91 Å². The maximum absolute atomic E-state index is 12.5. The first-order chi connectivity index (χ1) is 14.3. The summed E-state index contributed by atoms with van der Waals surface area (Å²) < 4.78 is 10.1. The van der Waals surface area contributed by atoms with Crippen molar-refractivity contribution in [1.82, 2.24) is 0 Å². The van der Waals surface area contributed by atoms with E-state index in [-0.39, 0.29) is 28.7 Å². The molecule has 1 heterocycles. The Morgan fingerprint density at radius 2 is 1.63 bits per heavy atom. The van der Waals surface area contributed by atoms with Crippen molar-refractivity contribution in [3.63, 3.8) is 0 Å². The highest BCUT2D eigenvalue weighted by atomic mass is 32.1. The number of hydrogen-bond donors (Lipinski definition) is 1. The Hall–Kier alpha value is -2.93. The molecule has 30 heavy (non-hydrogen) atoms. The van der Waals surface area contributed by atoms with Gasteiger partial charge in [0.15, 0.2) is 0 Å². The molecular weight excluding hydrogens is 402 g/mol. The first kappa shape index (κ1) is 23.3. The number of carbonyl (C=O) groups excluding carboxylic acids is 3. The summed E-state index contributed by atoms with van der Waals surface area (Å²) in [5.41, 5.74) is 2.71. The molecule has 0 saturated heterocycles. The summed E-state index contributed by atoms with van der Waals surface area (Å²) in [6, 6.07) is 7.93. The molecule has 1 aromatic heterocycles. The monoisotopic (exact) mass is 429 g/mol. The van der Waals surface area contributed by atoms with E-state index in [2.05, 4.69) is 19.2 Å². The molecule has 1 aromatic carbocycles. The number of nitrogens with one attached hydrogen (secondary N) is 1. The molecular formula is C23H27NO5S. The SMILES string of the molecule is CCOC(=O)c1sc(NC(=O)/C=C/c2ccc(C(C)C)cc2)c(C(=O)OCC)c1C. The van der Waals surface area contributed by atoms with E-state index >= 15 is 0 Å². The number of hydrogen-bond acceptors (Lipinski definition) is 6. The van der Waals surface area contributed by atoms with Crippen LogP contribution < -0.4 is 5.32 Å². The summed E-state index contributed by atoms with van der Waals surface area (Å²) in [6.07, 6.45) is 3.08. The zero-order chi connectivity index (χ0) is 22.3. The Bertz CT molecular complexity index is 941. The van der Waals surface area contributed by atoms with Gasteiger partial charge in [-0.05, 0) is 49.5 Å². The van der Waals surface area contributed by atoms with Crippen LogP contribution in [0, 0.1) is 6.92 Å². The van der Waals surface area contributed by atoms with Gasteiger partial charge >= 0.3 is 11.9 Å². The third-order valence-electron chi connectivity index (χ3n) is 4.35. The highest BCUT2D eigenvalue weighted by Crippen LogP contribution is 2.34. The van der Waals surface area contributed by atoms with Crippen molar-refractivity contribution in [2.45, 2.75) is 40.5 Å². The molecule has 0 aliphatic heterocycles. The minimum atomic E-state index is -0.592. The summed E-state index contributed by atoms with van der Waals surface area (Å²) in [4.78, 5) is 37.3. The highest BCUT2D eigenvalue weighted by Gasteiger charge is 2.27. The van der Waals surface area contributed by atoms with Crippen molar-refractivity contribution >= 4 is 40.3 Å². The van der Waals surface area contributed by atoms with Gasteiger partial charge in [-0.25, -0.2) is 9.59 Å². The topological polar surface area (TPSA) is 81.7 Å². The Labute approximate surface area is 180 Å². The standard InChI is InChI=1S/C23H27NO5S/c1-6-28-22(26)19-15(5)20(23(27)29-7-2)30-21(19)24-18(25)13-10-16-8-11-17(12-9-16)14(3)4/h8-14H,6-7H2,1-5H3,(H,24,25)/b13-10+. The van der Waals surface area contributed by atoms with Crippen LogP contribution in [-0.2, 0) is 14.3 Å². The molecule has 7 heteroatoms. The van der Waals surface area contributed by atoms with Crippen LogP contribution in [0.4, 0.5) is 5.00 Å². The van der Waals surface area contributed by atoms with Gasteiger partial charge in [0, 0.05) is 6.08 Å². The number of esters is 2. The van der Waals surface area contributed by atoms with Gasteiger partial charge < -0.3 is 14.8 Å². The molecule has 0 unspecified atom stereocenters. The molecule has 2 aromatic rings. The number of amides is 1. The number of thiophene rings is 1. The van der Waals surface area contributed by atoms with Gasteiger partial charge in [-0.1, -0.05) is 38.1 Å². The number of anilines is 1. The molecule has 0 bridgehead atoms. The minimum Gasteiger partial charge on any atom is -0.462 e. The van der Waals surface area contributed by atoms with Gasteiger partial charge in [-0.15, -0.1) is 11.3 Å². The van der Waals surface area contributed by atoms with E-state index in [0.29, 0.717) is 11.5 Å². The normalized spacial score (nSPS) is 11.0. The van der Waals surface area contributed by atoms with Crippen LogP contribution in [0.15, 0.2) is 30.3 Å². The summed E-state index contributed by atoms with van der Waals surface area (Å²) in [5, 5.41) is 2.95. The molecule has 0 aliphatic carbocycles. The van der Waals surface area contributed by atoms with Gasteiger partial charge in [-0.3, -0.25) is 4.79 Å². The molecule has 160 valence electrons. The molecule has 0 spiro atoms. The van der Waals surface area contributed by atoms with Crippen molar-refractivity contribution in [2.75, 3.05) is 18.5 Å². The van der Waals surface area contributed by atoms with Crippen molar-refractivity contribution in [2.24, 2.45) is 0 Å². The van der Waals surface area contributed by atoms with E-state index < -0.39 is 17.8 Å². The van der Waals surface area contributed by atoms with Gasteiger partial charge in [0.1, 0.15) is 9.88 Å². The molecule has 1 N–H and O–H groups in total. The molecule has 0 saturated carbocycles. The fourth-order valence-corrected chi connectivity index (χ4v) is 3.85. The van der Waals surface area contributed by atoms with Crippen LogP contribution in [0.5, 0.6) is 0 Å². The zero-order valence-corrected chi connectivity index (χ0v) is 18.7. The minimum absolute atomic E-state index is 0.174. The van der Waals surface area contributed by atoms with Gasteiger partial charge in [0.25, 0.3) is 0 Å². The number of benzene rings is 1. The smallest absolute Gasteiger partial charge is 0.348 e. The van der Waals surface area contributed by atoms with Crippen molar-refractivity contribution in [3.8, 4) is 0 Å². The van der Waals surface area contributed by atoms with E-state index in [1.807, 2.05) is 24.3 Å². The van der Waals surface area contributed by atoms with E-state index in [9.17, 15) is 14.4 Å². The third-order valence-corrected chi connectivity index (χ3v) is 5.54. The van der Waals surface area contributed by atoms with E-state index in [1.165, 1.54) is 11.6 Å². The summed E-state index contributed by atoms with van der Waals surface area (Å²) >= 11 is 1.00. The maximum Gasteiger partial charge on any atom is 0.348 e. The quantitative estimate of drug-likeness (QED) is 0.462. The average molecular weight is 430 g/mol. The fraction of sp³-hybridized carbons (Fsp3) is 0.348. The first-order valence-corrected chi connectivity index (χ1v) is 10.7. The van der Waals surface area contributed by atoms with Gasteiger partial charge in [0.05, 0.1) is 18.8 Å². The predicted molar refractivity (Wildman–Crippen MR) is 119 cm³/mol. The fourth-order valence-electron chi connectivity index (χ4n) is 2.76. The van der Waals surface area contributed by atoms with Crippen molar-refractivity contribution < 1.29 is 23.9 Å². The van der Waals surface area contributed by atoms with Crippen molar-refractivity contribution in [3.05, 3.63) is 57.5 Å². The molecule has 0 fully saturated rings. The molecule has 1 amide bonds. The van der Waals surface area contributed by atoms with Crippen LogP contribution in [-0.4, -0.2) is 31.1 Å². The number of ether oxygens (including phenoxy) is 2. The first-order valence-electron chi connectivity index (χ1n) is 9.85. The Morgan fingerprint density at radius 3 is 2.20 bits per heavy atom. The molecule has 0 aliphatic rings. The molecule has 0 atom stereocenters. The Morgan fingerprint density at radius 1 is 1.03 bits per heavy atom. The van der Waals surface area contributed by atoms with Crippen LogP contribution in [0.1, 0.15) is 70.3 Å². The van der Waals surface area contributed by atoms with E-state index in [0.717, 1.165) is 16.9 Å². The van der Waals surface area contributed by atoms with Crippen LogP contribution in [0.25, 0.3) is 6.08 Å². The molecule has 6 nitrogen and oxygen atoms in total. The lowest BCUT2D eigenvalue weighted by Crippen LogP contribution is -2.13. The predicted octanol–water partition coefficient (Wildman–Crippen LogP) is 5.19.